The van der Waals surface area contributed by atoms with Crippen LogP contribution in [-0.2, 0) is 0 Å². The van der Waals surface area contributed by atoms with E-state index in [2.05, 4.69) is 31.1 Å². The summed E-state index contributed by atoms with van der Waals surface area (Å²) in [6, 6.07) is 8.51. The summed E-state index contributed by atoms with van der Waals surface area (Å²) < 4.78 is 0. The molecule has 2 nitrogen and oxygen atoms in total. The van der Waals surface area contributed by atoms with Gasteiger partial charge < -0.3 is 10.2 Å². The Hall–Kier alpha value is -0.730. The molecular formula is C14H23ClN2. The van der Waals surface area contributed by atoms with E-state index in [0.717, 1.165) is 23.8 Å². The lowest BCUT2D eigenvalue weighted by atomic mass is 10.2. The first-order chi connectivity index (χ1) is 8.15. The lowest BCUT2D eigenvalue weighted by molar-refractivity contribution is 0.254. The van der Waals surface area contributed by atoms with E-state index in [1.54, 1.807) is 0 Å². The van der Waals surface area contributed by atoms with Gasteiger partial charge in [-0.05, 0) is 32.5 Å². The zero-order valence-electron chi connectivity index (χ0n) is 11.0. The summed E-state index contributed by atoms with van der Waals surface area (Å²) in [4.78, 5) is 2.38. The van der Waals surface area contributed by atoms with E-state index < -0.39 is 0 Å². The number of halogens is 1. The molecule has 0 radical (unpaired) electrons. The van der Waals surface area contributed by atoms with Gasteiger partial charge in [-0.2, -0.15) is 0 Å². The SMILES string of the molecule is CCCC(C)N(C)CCNc1ccccc1Cl. The fraction of sp³-hybridized carbons (Fsp3) is 0.571. The molecule has 0 aromatic heterocycles. The summed E-state index contributed by atoms with van der Waals surface area (Å²) in [5.74, 6) is 0. The van der Waals surface area contributed by atoms with Crippen molar-refractivity contribution in [1.29, 1.82) is 0 Å². The minimum absolute atomic E-state index is 0.646. The molecule has 0 aliphatic carbocycles. The van der Waals surface area contributed by atoms with Crippen LogP contribution in [0.2, 0.25) is 5.02 Å². The number of rotatable bonds is 7. The minimum atomic E-state index is 0.646. The maximum atomic E-state index is 6.08. The summed E-state index contributed by atoms with van der Waals surface area (Å²) in [6.07, 6.45) is 2.49. The Kier molecular flexibility index (Phi) is 6.38. The lowest BCUT2D eigenvalue weighted by Crippen LogP contribution is -2.33. The van der Waals surface area contributed by atoms with Gasteiger partial charge in [0.25, 0.3) is 0 Å². The monoisotopic (exact) mass is 254 g/mol. The van der Waals surface area contributed by atoms with Crippen LogP contribution in [0.1, 0.15) is 26.7 Å². The van der Waals surface area contributed by atoms with Crippen molar-refractivity contribution in [2.24, 2.45) is 0 Å². The summed E-state index contributed by atoms with van der Waals surface area (Å²) >= 11 is 6.08. The van der Waals surface area contributed by atoms with Crippen molar-refractivity contribution >= 4 is 17.3 Å². The number of likely N-dealkylation sites (N-methyl/N-ethyl adjacent to an activating group) is 1. The van der Waals surface area contributed by atoms with Gasteiger partial charge >= 0.3 is 0 Å². The van der Waals surface area contributed by atoms with Gasteiger partial charge in [0.15, 0.2) is 0 Å². The van der Waals surface area contributed by atoms with Crippen molar-refractivity contribution in [2.45, 2.75) is 32.7 Å². The van der Waals surface area contributed by atoms with E-state index in [9.17, 15) is 0 Å². The Labute approximate surface area is 110 Å². The second-order valence-electron chi connectivity index (χ2n) is 4.52. The third kappa shape index (κ3) is 4.97. The van der Waals surface area contributed by atoms with Crippen LogP contribution < -0.4 is 5.32 Å². The number of benzene rings is 1. The van der Waals surface area contributed by atoms with Gasteiger partial charge in [-0.3, -0.25) is 0 Å². The smallest absolute Gasteiger partial charge is 0.0637 e. The molecular weight excluding hydrogens is 232 g/mol. The zero-order chi connectivity index (χ0) is 12.7. The van der Waals surface area contributed by atoms with Crippen molar-refractivity contribution in [3.8, 4) is 0 Å². The van der Waals surface area contributed by atoms with Crippen LogP contribution in [0.3, 0.4) is 0 Å². The van der Waals surface area contributed by atoms with Crippen molar-refractivity contribution in [1.82, 2.24) is 4.90 Å². The number of hydrogen-bond acceptors (Lipinski definition) is 2. The first kappa shape index (κ1) is 14.3. The van der Waals surface area contributed by atoms with Crippen molar-refractivity contribution < 1.29 is 0 Å². The van der Waals surface area contributed by atoms with E-state index >= 15 is 0 Å². The maximum absolute atomic E-state index is 6.08. The lowest BCUT2D eigenvalue weighted by Gasteiger charge is -2.24. The second kappa shape index (κ2) is 7.57. The molecule has 1 atom stereocenters. The molecule has 0 saturated heterocycles. The van der Waals surface area contributed by atoms with Crippen LogP contribution in [-0.4, -0.2) is 31.1 Å². The van der Waals surface area contributed by atoms with Crippen LogP contribution in [0.25, 0.3) is 0 Å². The highest BCUT2D eigenvalue weighted by Gasteiger charge is 2.07. The van der Waals surface area contributed by atoms with Crippen molar-refractivity contribution in [3.63, 3.8) is 0 Å². The van der Waals surface area contributed by atoms with E-state index in [-0.39, 0.29) is 0 Å². The number of hydrogen-bond donors (Lipinski definition) is 1. The third-order valence-corrected chi connectivity index (χ3v) is 3.44. The minimum Gasteiger partial charge on any atom is -0.383 e. The molecule has 0 aliphatic heterocycles. The molecule has 0 fully saturated rings. The quantitative estimate of drug-likeness (QED) is 0.795. The van der Waals surface area contributed by atoms with E-state index in [4.69, 9.17) is 11.6 Å². The van der Waals surface area contributed by atoms with E-state index in [1.165, 1.54) is 12.8 Å². The first-order valence-corrected chi connectivity index (χ1v) is 6.71. The van der Waals surface area contributed by atoms with Crippen LogP contribution in [0, 0.1) is 0 Å². The highest BCUT2D eigenvalue weighted by molar-refractivity contribution is 6.33. The Bertz CT molecular complexity index is 328. The van der Waals surface area contributed by atoms with Gasteiger partial charge in [-0.25, -0.2) is 0 Å². The molecule has 0 saturated carbocycles. The van der Waals surface area contributed by atoms with Gasteiger partial charge in [0.2, 0.25) is 0 Å². The topological polar surface area (TPSA) is 15.3 Å². The molecule has 0 bridgehead atoms. The predicted molar refractivity (Wildman–Crippen MR) is 76.9 cm³/mol. The highest BCUT2D eigenvalue weighted by atomic mass is 35.5. The molecule has 0 aliphatic rings. The average molecular weight is 255 g/mol. The molecule has 0 spiro atoms. The third-order valence-electron chi connectivity index (χ3n) is 3.11. The van der Waals surface area contributed by atoms with Gasteiger partial charge in [-0.15, -0.1) is 0 Å². The number of nitrogens with zero attached hydrogens (tertiary/aromatic N) is 1. The standard InChI is InChI=1S/C14H23ClN2/c1-4-7-12(2)17(3)11-10-16-14-9-6-5-8-13(14)15/h5-6,8-9,12,16H,4,7,10-11H2,1-3H3. The Morgan fingerprint density at radius 1 is 1.35 bits per heavy atom. The van der Waals surface area contributed by atoms with Crippen LogP contribution in [0.4, 0.5) is 5.69 Å². The summed E-state index contributed by atoms with van der Waals surface area (Å²) in [6.45, 7) is 6.46. The fourth-order valence-corrected chi connectivity index (χ4v) is 2.03. The Morgan fingerprint density at radius 3 is 2.71 bits per heavy atom. The predicted octanol–water partition coefficient (Wildman–Crippen LogP) is 3.87. The van der Waals surface area contributed by atoms with E-state index in [0.29, 0.717) is 6.04 Å². The largest absolute Gasteiger partial charge is 0.383 e. The van der Waals surface area contributed by atoms with Gasteiger partial charge in [-0.1, -0.05) is 37.1 Å². The van der Waals surface area contributed by atoms with Gasteiger partial charge in [0.1, 0.15) is 0 Å². The Morgan fingerprint density at radius 2 is 2.06 bits per heavy atom. The maximum Gasteiger partial charge on any atom is 0.0637 e. The molecule has 17 heavy (non-hydrogen) atoms. The summed E-state index contributed by atoms with van der Waals surface area (Å²) in [5.41, 5.74) is 1.02. The van der Waals surface area contributed by atoms with Crippen molar-refractivity contribution in [3.05, 3.63) is 29.3 Å². The molecule has 3 heteroatoms. The van der Waals surface area contributed by atoms with Gasteiger partial charge in [0, 0.05) is 19.1 Å². The van der Waals surface area contributed by atoms with Crippen LogP contribution in [0.5, 0.6) is 0 Å². The molecule has 96 valence electrons. The molecule has 0 heterocycles. The molecule has 1 aromatic carbocycles. The number of nitrogens with one attached hydrogen (secondary N) is 1. The highest BCUT2D eigenvalue weighted by Crippen LogP contribution is 2.19. The molecule has 1 rings (SSSR count). The normalized spacial score (nSPS) is 12.8. The van der Waals surface area contributed by atoms with Crippen LogP contribution >= 0.6 is 11.6 Å². The molecule has 1 N–H and O–H groups in total. The molecule has 1 aromatic rings. The van der Waals surface area contributed by atoms with E-state index in [1.807, 2.05) is 24.3 Å². The van der Waals surface area contributed by atoms with Crippen LogP contribution in [0.15, 0.2) is 24.3 Å². The number of anilines is 1. The second-order valence-corrected chi connectivity index (χ2v) is 4.93. The molecule has 1 unspecified atom stereocenters. The van der Waals surface area contributed by atoms with Gasteiger partial charge in [0.05, 0.1) is 10.7 Å². The summed E-state index contributed by atoms with van der Waals surface area (Å²) in [5, 5.41) is 4.16. The summed E-state index contributed by atoms with van der Waals surface area (Å²) in [7, 11) is 2.18. The average Bonchev–Trinajstić information content (AvgIpc) is 2.31. The first-order valence-electron chi connectivity index (χ1n) is 6.33. The molecule has 0 amide bonds. The number of para-hydroxylation sites is 1. The van der Waals surface area contributed by atoms with Crippen molar-refractivity contribution in [2.75, 3.05) is 25.5 Å². The fourth-order valence-electron chi connectivity index (χ4n) is 1.83. The Balaban J connectivity index is 2.30. The zero-order valence-corrected chi connectivity index (χ0v) is 11.8.